The number of amides is 1. The predicted molar refractivity (Wildman–Crippen MR) is 78.5 cm³/mol. The van der Waals surface area contributed by atoms with Crippen LogP contribution in [-0.4, -0.2) is 12.5 Å². The van der Waals surface area contributed by atoms with E-state index in [2.05, 4.69) is 17.2 Å². The van der Waals surface area contributed by atoms with Gasteiger partial charge in [0.15, 0.2) is 0 Å². The Morgan fingerprint density at radius 2 is 2.14 bits per heavy atom. The van der Waals surface area contributed by atoms with Crippen molar-refractivity contribution in [3.05, 3.63) is 35.1 Å². The highest BCUT2D eigenvalue weighted by atomic mass is 19.1. The molecule has 3 N–H and O–H groups in total. The number of nitrogens with two attached hydrogens (primary N) is 1. The van der Waals surface area contributed by atoms with Gasteiger partial charge in [0.05, 0.1) is 6.54 Å². The summed E-state index contributed by atoms with van der Waals surface area (Å²) in [5.41, 5.74) is 6.51. The Labute approximate surface area is 124 Å². The van der Waals surface area contributed by atoms with Crippen molar-refractivity contribution in [2.75, 3.05) is 6.54 Å². The molecule has 0 spiro atoms. The van der Waals surface area contributed by atoms with Crippen molar-refractivity contribution in [2.45, 2.75) is 25.8 Å². The predicted octanol–water partition coefficient (Wildman–Crippen LogP) is 1.80. The van der Waals surface area contributed by atoms with Crippen molar-refractivity contribution in [3.63, 3.8) is 0 Å². The molecule has 2 unspecified atom stereocenters. The number of hydrogen-bond donors (Lipinski definition) is 2. The van der Waals surface area contributed by atoms with Crippen molar-refractivity contribution < 1.29 is 9.18 Å². The van der Waals surface area contributed by atoms with Crippen LogP contribution in [0, 0.1) is 35.4 Å². The Hall–Kier alpha value is -1.86. The van der Waals surface area contributed by atoms with Crippen LogP contribution >= 0.6 is 0 Å². The largest absolute Gasteiger partial charge is 0.352 e. The first kappa shape index (κ1) is 14.1. The van der Waals surface area contributed by atoms with E-state index >= 15 is 0 Å². The number of carbonyl (C=O) groups is 1. The van der Waals surface area contributed by atoms with Crippen LogP contribution in [0.15, 0.2) is 18.2 Å². The zero-order valence-electron chi connectivity index (χ0n) is 11.9. The van der Waals surface area contributed by atoms with Gasteiger partial charge in [-0.15, -0.1) is 0 Å². The number of benzene rings is 1. The monoisotopic (exact) mass is 286 g/mol. The molecule has 4 heteroatoms. The smallest absolute Gasteiger partial charge is 0.223 e. The Kier molecular flexibility index (Phi) is 3.94. The van der Waals surface area contributed by atoms with E-state index < -0.39 is 0 Å². The lowest BCUT2D eigenvalue weighted by atomic mass is 10.1. The van der Waals surface area contributed by atoms with E-state index in [1.807, 2.05) is 0 Å². The van der Waals surface area contributed by atoms with Gasteiger partial charge in [0.2, 0.25) is 5.91 Å². The third-order valence-electron chi connectivity index (χ3n) is 4.54. The lowest BCUT2D eigenvalue weighted by molar-refractivity contribution is -0.123. The summed E-state index contributed by atoms with van der Waals surface area (Å²) in [5.74, 6) is 6.70. The van der Waals surface area contributed by atoms with Gasteiger partial charge in [-0.3, -0.25) is 4.79 Å². The number of nitrogens with one attached hydrogen (secondary N) is 1. The van der Waals surface area contributed by atoms with E-state index in [1.54, 1.807) is 12.1 Å². The molecule has 0 saturated heterocycles. The average Bonchev–Trinajstić information content (AvgIpc) is 2.97. The van der Waals surface area contributed by atoms with Gasteiger partial charge in [-0.25, -0.2) is 4.39 Å². The zero-order chi connectivity index (χ0) is 14.8. The third-order valence-corrected chi connectivity index (χ3v) is 4.54. The minimum atomic E-state index is -0.315. The summed E-state index contributed by atoms with van der Waals surface area (Å²) in [4.78, 5) is 12.1. The second kappa shape index (κ2) is 5.87. The molecule has 2 fully saturated rings. The maximum Gasteiger partial charge on any atom is 0.223 e. The summed E-state index contributed by atoms with van der Waals surface area (Å²) in [5, 5.41) is 2.86. The third kappa shape index (κ3) is 2.93. The molecule has 2 atom stereocenters. The summed E-state index contributed by atoms with van der Waals surface area (Å²) in [6, 6.07) is 4.68. The van der Waals surface area contributed by atoms with Gasteiger partial charge in [0.25, 0.3) is 0 Å². The van der Waals surface area contributed by atoms with E-state index in [0.717, 1.165) is 5.56 Å². The van der Waals surface area contributed by atoms with Crippen LogP contribution in [0.25, 0.3) is 0 Å². The highest BCUT2D eigenvalue weighted by Gasteiger charge is 2.56. The molecule has 1 aromatic carbocycles. The van der Waals surface area contributed by atoms with Gasteiger partial charge in [0.1, 0.15) is 5.82 Å². The Morgan fingerprint density at radius 1 is 1.38 bits per heavy atom. The van der Waals surface area contributed by atoms with Gasteiger partial charge in [-0.1, -0.05) is 18.3 Å². The van der Waals surface area contributed by atoms with Crippen molar-refractivity contribution in [1.29, 1.82) is 0 Å². The lowest BCUT2D eigenvalue weighted by Gasteiger charge is -2.08. The normalized spacial score (nSPS) is 25.7. The van der Waals surface area contributed by atoms with E-state index in [1.165, 1.54) is 25.3 Å². The summed E-state index contributed by atoms with van der Waals surface area (Å²) in [6.07, 6.45) is 3.58. The highest BCUT2D eigenvalue weighted by molar-refractivity contribution is 5.82. The summed E-state index contributed by atoms with van der Waals surface area (Å²) >= 11 is 0. The molecule has 1 aromatic rings. The lowest BCUT2D eigenvalue weighted by Crippen LogP contribution is -2.26. The van der Waals surface area contributed by atoms with Crippen molar-refractivity contribution in [3.8, 4) is 11.8 Å². The average molecular weight is 286 g/mol. The summed E-state index contributed by atoms with van der Waals surface area (Å²) < 4.78 is 13.8. The fourth-order valence-electron chi connectivity index (χ4n) is 3.45. The molecule has 0 bridgehead atoms. The Bertz CT molecular complexity index is 607. The Balaban J connectivity index is 1.60. The van der Waals surface area contributed by atoms with Gasteiger partial charge in [0, 0.05) is 23.6 Å². The standard InChI is InChI=1S/C17H19FN2O/c18-15-7-6-11(3-2-8-19)9-12(15)10-20-17(21)16-13-4-1-5-14(13)16/h6-7,9,13-14,16H,1,4-5,8,10,19H2,(H,20,21). The molecule has 0 aliphatic heterocycles. The van der Waals surface area contributed by atoms with Gasteiger partial charge >= 0.3 is 0 Å². The van der Waals surface area contributed by atoms with Crippen molar-refractivity contribution in [1.82, 2.24) is 5.32 Å². The fraction of sp³-hybridized carbons (Fsp3) is 0.471. The maximum atomic E-state index is 13.8. The molecule has 2 saturated carbocycles. The molecule has 0 aromatic heterocycles. The van der Waals surface area contributed by atoms with Crippen LogP contribution < -0.4 is 11.1 Å². The molecule has 1 amide bonds. The number of halogens is 1. The van der Waals surface area contributed by atoms with Crippen LogP contribution in [0.4, 0.5) is 4.39 Å². The molecule has 2 aliphatic carbocycles. The Morgan fingerprint density at radius 3 is 2.86 bits per heavy atom. The molecule has 21 heavy (non-hydrogen) atoms. The molecule has 3 rings (SSSR count). The second-order valence-corrected chi connectivity index (χ2v) is 5.81. The first-order chi connectivity index (χ1) is 10.2. The molecular weight excluding hydrogens is 267 g/mol. The van der Waals surface area contributed by atoms with Crippen LogP contribution in [0.3, 0.4) is 0 Å². The van der Waals surface area contributed by atoms with Crippen LogP contribution in [-0.2, 0) is 11.3 Å². The van der Waals surface area contributed by atoms with Crippen molar-refractivity contribution in [2.24, 2.45) is 23.5 Å². The van der Waals surface area contributed by atoms with E-state index in [-0.39, 0.29) is 30.7 Å². The van der Waals surface area contributed by atoms with E-state index in [4.69, 9.17) is 5.73 Å². The second-order valence-electron chi connectivity index (χ2n) is 5.81. The molecule has 3 nitrogen and oxygen atoms in total. The molecule has 110 valence electrons. The highest BCUT2D eigenvalue weighted by Crippen LogP contribution is 2.57. The first-order valence-corrected chi connectivity index (χ1v) is 7.46. The summed E-state index contributed by atoms with van der Waals surface area (Å²) in [6.45, 7) is 0.493. The van der Waals surface area contributed by atoms with Crippen molar-refractivity contribution >= 4 is 5.91 Å². The first-order valence-electron chi connectivity index (χ1n) is 7.46. The molecule has 0 radical (unpaired) electrons. The van der Waals surface area contributed by atoms with Crippen LogP contribution in [0.2, 0.25) is 0 Å². The molecule has 2 aliphatic rings. The van der Waals surface area contributed by atoms with E-state index in [9.17, 15) is 9.18 Å². The molecule has 0 heterocycles. The fourth-order valence-corrected chi connectivity index (χ4v) is 3.45. The molecular formula is C17H19FN2O. The van der Waals surface area contributed by atoms with Gasteiger partial charge in [-0.2, -0.15) is 0 Å². The van der Waals surface area contributed by atoms with E-state index in [0.29, 0.717) is 17.4 Å². The minimum absolute atomic E-state index is 0.0718. The van der Waals surface area contributed by atoms with Gasteiger partial charge < -0.3 is 11.1 Å². The van der Waals surface area contributed by atoms with Crippen LogP contribution in [0.1, 0.15) is 30.4 Å². The SMILES string of the molecule is NCC#Cc1ccc(F)c(CNC(=O)C2C3CCCC32)c1. The summed E-state index contributed by atoms with van der Waals surface area (Å²) in [7, 11) is 0. The maximum absolute atomic E-state index is 13.8. The number of hydrogen-bond acceptors (Lipinski definition) is 2. The van der Waals surface area contributed by atoms with Crippen LogP contribution in [0.5, 0.6) is 0 Å². The zero-order valence-corrected chi connectivity index (χ0v) is 11.9. The van der Waals surface area contributed by atoms with Gasteiger partial charge in [-0.05, 0) is 42.9 Å². The number of carbonyl (C=O) groups excluding carboxylic acids is 1. The number of rotatable bonds is 3. The number of fused-ring (bicyclic) bond motifs is 1. The minimum Gasteiger partial charge on any atom is -0.352 e. The quantitative estimate of drug-likeness (QED) is 0.833. The topological polar surface area (TPSA) is 55.1 Å².